The van der Waals surface area contributed by atoms with Crippen LogP contribution in [0.15, 0.2) is 30.5 Å². The fourth-order valence-corrected chi connectivity index (χ4v) is 4.65. The number of likely N-dealkylation sites (tertiary alicyclic amines) is 2. The Kier molecular flexibility index (Phi) is 6.39. The number of hydrogen-bond donors (Lipinski definition) is 0. The topological polar surface area (TPSA) is 69.6 Å². The molecular weight excluding hydrogens is 409 g/mol. The summed E-state index contributed by atoms with van der Waals surface area (Å²) in [4.78, 5) is 39.6. The third-order valence-corrected chi connectivity index (χ3v) is 6.50. The van der Waals surface area contributed by atoms with Gasteiger partial charge in [-0.25, -0.2) is 14.4 Å². The van der Waals surface area contributed by atoms with Gasteiger partial charge in [0, 0.05) is 63.4 Å². The lowest BCUT2D eigenvalue weighted by atomic mass is 9.88. The fraction of sp³-hybridized carbons (Fsp3) is 0.500. The third kappa shape index (κ3) is 4.31. The highest BCUT2D eigenvalue weighted by Gasteiger charge is 2.34. The van der Waals surface area contributed by atoms with Crippen molar-refractivity contribution in [3.63, 3.8) is 0 Å². The van der Waals surface area contributed by atoms with Crippen LogP contribution in [0.2, 0.25) is 0 Å². The van der Waals surface area contributed by atoms with Gasteiger partial charge in [0.25, 0.3) is 0 Å². The van der Waals surface area contributed by atoms with Crippen LogP contribution >= 0.6 is 0 Å². The highest BCUT2D eigenvalue weighted by Crippen LogP contribution is 2.36. The number of halogens is 1. The molecule has 8 heteroatoms. The number of piperidine rings is 1. The first-order valence-corrected chi connectivity index (χ1v) is 11.2. The van der Waals surface area contributed by atoms with Crippen LogP contribution in [0.4, 0.5) is 10.3 Å². The van der Waals surface area contributed by atoms with Crippen molar-refractivity contribution in [3.05, 3.63) is 42.0 Å². The molecule has 1 aromatic heterocycles. The Labute approximate surface area is 188 Å². The molecule has 2 amide bonds. The average Bonchev–Trinajstić information content (AvgIpc) is 3.24. The van der Waals surface area contributed by atoms with E-state index in [1.165, 1.54) is 6.07 Å². The maximum Gasteiger partial charge on any atom is 0.245 e. The predicted molar refractivity (Wildman–Crippen MR) is 121 cm³/mol. The number of nitrogens with zero attached hydrogens (tertiary/aromatic N) is 5. The van der Waals surface area contributed by atoms with Crippen molar-refractivity contribution in [1.29, 1.82) is 0 Å². The number of rotatable bonds is 5. The molecule has 0 aliphatic carbocycles. The van der Waals surface area contributed by atoms with Crippen LogP contribution in [0.25, 0.3) is 11.1 Å². The van der Waals surface area contributed by atoms with E-state index in [1.807, 2.05) is 36.9 Å². The summed E-state index contributed by atoms with van der Waals surface area (Å²) in [7, 11) is 3.76. The quantitative estimate of drug-likeness (QED) is 0.716. The molecule has 1 aromatic carbocycles. The van der Waals surface area contributed by atoms with Gasteiger partial charge in [-0.1, -0.05) is 18.2 Å². The molecule has 2 aliphatic rings. The summed E-state index contributed by atoms with van der Waals surface area (Å²) in [6.45, 7) is 3.66. The zero-order chi connectivity index (χ0) is 22.8. The number of carbonyl (C=O) groups excluding carboxylic acids is 2. The van der Waals surface area contributed by atoms with Crippen LogP contribution in [0.3, 0.4) is 0 Å². The maximum absolute atomic E-state index is 14.6. The number of amides is 2. The number of benzene rings is 1. The van der Waals surface area contributed by atoms with Crippen LogP contribution in [-0.4, -0.2) is 71.4 Å². The maximum atomic E-state index is 14.6. The van der Waals surface area contributed by atoms with Gasteiger partial charge in [0.2, 0.25) is 17.8 Å². The normalized spacial score (nSPS) is 18.2. The third-order valence-electron chi connectivity index (χ3n) is 6.50. The average molecular weight is 440 g/mol. The summed E-state index contributed by atoms with van der Waals surface area (Å²) in [5, 5.41) is 0. The van der Waals surface area contributed by atoms with Gasteiger partial charge >= 0.3 is 0 Å². The molecule has 0 N–H and O–H groups in total. The van der Waals surface area contributed by atoms with Crippen molar-refractivity contribution in [2.75, 3.05) is 38.6 Å². The summed E-state index contributed by atoms with van der Waals surface area (Å²) in [6.07, 6.45) is 4.52. The number of carbonyl (C=O) groups is 2. The van der Waals surface area contributed by atoms with Gasteiger partial charge in [0.1, 0.15) is 11.9 Å². The molecule has 0 bridgehead atoms. The van der Waals surface area contributed by atoms with Gasteiger partial charge in [-0.3, -0.25) is 9.59 Å². The molecular formula is C24H30FN5O2. The van der Waals surface area contributed by atoms with Crippen LogP contribution < -0.4 is 4.90 Å². The Morgan fingerprint density at radius 1 is 1.16 bits per heavy atom. The second-order valence-corrected chi connectivity index (χ2v) is 8.81. The van der Waals surface area contributed by atoms with E-state index in [9.17, 15) is 14.0 Å². The smallest absolute Gasteiger partial charge is 0.245 e. The van der Waals surface area contributed by atoms with Crippen molar-refractivity contribution in [2.45, 2.75) is 44.6 Å². The highest BCUT2D eigenvalue weighted by atomic mass is 19.1. The molecule has 0 saturated carbocycles. The Bertz CT molecular complexity index is 1000. The van der Waals surface area contributed by atoms with E-state index in [0.717, 1.165) is 25.0 Å². The van der Waals surface area contributed by atoms with Gasteiger partial charge < -0.3 is 14.7 Å². The largest absolute Gasteiger partial charge is 0.347 e. The van der Waals surface area contributed by atoms with Crippen molar-refractivity contribution in [3.8, 4) is 11.1 Å². The van der Waals surface area contributed by atoms with E-state index in [4.69, 9.17) is 4.98 Å². The first kappa shape index (κ1) is 22.2. The number of aromatic nitrogens is 2. The van der Waals surface area contributed by atoms with Gasteiger partial charge in [-0.15, -0.1) is 0 Å². The summed E-state index contributed by atoms with van der Waals surface area (Å²) < 4.78 is 14.6. The molecule has 7 nitrogen and oxygen atoms in total. The SMILES string of the molecule is C[C@H](C(=O)N1CCC(c2nc(N(C)C)ncc2-c2ccccc2F)CC1)N1CCCC1=O. The van der Waals surface area contributed by atoms with Crippen molar-refractivity contribution >= 4 is 17.8 Å². The first-order valence-electron chi connectivity index (χ1n) is 11.2. The van der Waals surface area contributed by atoms with E-state index < -0.39 is 6.04 Å². The molecule has 32 heavy (non-hydrogen) atoms. The molecule has 1 atom stereocenters. The molecule has 2 aromatic rings. The number of anilines is 1. The Hall–Kier alpha value is -3.03. The molecule has 3 heterocycles. The molecule has 2 saturated heterocycles. The summed E-state index contributed by atoms with van der Waals surface area (Å²) in [5.41, 5.74) is 2.02. The minimum absolute atomic E-state index is 0.00435. The van der Waals surface area contributed by atoms with Crippen molar-refractivity contribution < 1.29 is 14.0 Å². The zero-order valence-corrected chi connectivity index (χ0v) is 18.9. The van der Waals surface area contributed by atoms with E-state index >= 15 is 0 Å². The highest BCUT2D eigenvalue weighted by molar-refractivity contribution is 5.88. The standard InChI is InChI=1S/C24H30FN5O2/c1-16(30-12-6-9-21(30)31)23(32)29-13-10-17(11-14-29)22-19(15-26-24(27-22)28(2)3)18-7-4-5-8-20(18)25/h4-5,7-8,15-17H,6,9-14H2,1-3H3/t16-/m1/s1. The molecule has 0 spiro atoms. The number of hydrogen-bond acceptors (Lipinski definition) is 5. The zero-order valence-electron chi connectivity index (χ0n) is 18.9. The van der Waals surface area contributed by atoms with E-state index in [0.29, 0.717) is 43.1 Å². The second-order valence-electron chi connectivity index (χ2n) is 8.81. The lowest BCUT2D eigenvalue weighted by Gasteiger charge is -2.36. The predicted octanol–water partition coefficient (Wildman–Crippen LogP) is 3.07. The van der Waals surface area contributed by atoms with Crippen LogP contribution in [0.1, 0.15) is 44.2 Å². The molecule has 0 radical (unpaired) electrons. The molecule has 170 valence electrons. The van der Waals surface area contributed by atoms with E-state index in [-0.39, 0.29) is 23.5 Å². The molecule has 2 fully saturated rings. The van der Waals surface area contributed by atoms with Gasteiger partial charge in [0.05, 0.1) is 5.69 Å². The fourth-order valence-electron chi connectivity index (χ4n) is 4.65. The van der Waals surface area contributed by atoms with Crippen molar-refractivity contribution in [1.82, 2.24) is 19.8 Å². The van der Waals surface area contributed by atoms with E-state index in [2.05, 4.69) is 4.98 Å². The van der Waals surface area contributed by atoms with Gasteiger partial charge in [-0.2, -0.15) is 0 Å². The molecule has 4 rings (SSSR count). The van der Waals surface area contributed by atoms with Gasteiger partial charge in [0.15, 0.2) is 0 Å². The first-order chi connectivity index (χ1) is 15.4. The minimum atomic E-state index is -0.421. The summed E-state index contributed by atoms with van der Waals surface area (Å²) >= 11 is 0. The lowest BCUT2D eigenvalue weighted by Crippen LogP contribution is -2.49. The van der Waals surface area contributed by atoms with Crippen LogP contribution in [0.5, 0.6) is 0 Å². The Morgan fingerprint density at radius 3 is 2.50 bits per heavy atom. The summed E-state index contributed by atoms with van der Waals surface area (Å²) in [5.74, 6) is 0.447. The molecule has 2 aliphatic heterocycles. The lowest BCUT2D eigenvalue weighted by molar-refractivity contribution is -0.143. The monoisotopic (exact) mass is 439 g/mol. The van der Waals surface area contributed by atoms with E-state index in [1.54, 1.807) is 23.2 Å². The van der Waals surface area contributed by atoms with Crippen LogP contribution in [0, 0.1) is 5.82 Å². The Balaban J connectivity index is 1.54. The van der Waals surface area contributed by atoms with Crippen LogP contribution in [-0.2, 0) is 9.59 Å². The molecule has 0 unspecified atom stereocenters. The van der Waals surface area contributed by atoms with Gasteiger partial charge in [-0.05, 0) is 32.3 Å². The Morgan fingerprint density at radius 2 is 1.88 bits per heavy atom. The summed E-state index contributed by atoms with van der Waals surface area (Å²) in [6, 6.07) is 6.26. The minimum Gasteiger partial charge on any atom is -0.347 e. The second kappa shape index (κ2) is 9.22. The van der Waals surface area contributed by atoms with Crippen molar-refractivity contribution in [2.24, 2.45) is 0 Å².